The average Bonchev–Trinajstić information content (AvgIpc) is 3.01. The third kappa shape index (κ3) is 2.44. The van der Waals surface area contributed by atoms with Crippen LogP contribution < -0.4 is 4.74 Å². The number of thiazole rings is 1. The maximum atomic E-state index is 12.3. The van der Waals surface area contributed by atoms with E-state index in [0.29, 0.717) is 5.56 Å². The Kier molecular flexibility index (Phi) is 3.81. The highest BCUT2D eigenvalue weighted by atomic mass is 32.1. The molecule has 4 nitrogen and oxygen atoms in total. The van der Waals surface area contributed by atoms with E-state index in [1.54, 1.807) is 31.6 Å². The minimum atomic E-state index is -0.0218. The second-order valence-corrected chi connectivity index (χ2v) is 6.01. The molecule has 22 heavy (non-hydrogen) atoms. The van der Waals surface area contributed by atoms with Gasteiger partial charge in [0.15, 0.2) is 0 Å². The van der Waals surface area contributed by atoms with Crippen molar-refractivity contribution in [1.29, 1.82) is 0 Å². The van der Waals surface area contributed by atoms with Crippen LogP contribution in [0.3, 0.4) is 0 Å². The Morgan fingerprint density at radius 1 is 1.18 bits per heavy atom. The maximum Gasteiger partial charge on any atom is 0.253 e. The number of amides is 1. The number of carbonyl (C=O) groups is 1. The fourth-order valence-electron chi connectivity index (χ4n) is 2.42. The molecule has 0 aliphatic rings. The number of methoxy groups -OCH3 is 1. The molecule has 0 radical (unpaired) electrons. The number of hydrogen-bond donors (Lipinski definition) is 0. The molecular weight excluding hydrogens is 296 g/mol. The zero-order chi connectivity index (χ0) is 15.7. The van der Waals surface area contributed by atoms with Crippen LogP contribution in [0.2, 0.25) is 0 Å². The predicted molar refractivity (Wildman–Crippen MR) is 89.6 cm³/mol. The highest BCUT2D eigenvalue weighted by molar-refractivity contribution is 7.16. The van der Waals surface area contributed by atoms with Gasteiger partial charge in [0, 0.05) is 30.8 Å². The summed E-state index contributed by atoms with van der Waals surface area (Å²) < 4.78 is 6.45. The van der Waals surface area contributed by atoms with Gasteiger partial charge in [-0.3, -0.25) is 4.79 Å². The smallest absolute Gasteiger partial charge is 0.253 e. The number of nitrogens with zero attached hydrogens (tertiary/aromatic N) is 2. The lowest BCUT2D eigenvalue weighted by Gasteiger charge is -2.13. The van der Waals surface area contributed by atoms with Crippen molar-refractivity contribution in [2.24, 2.45) is 0 Å². The van der Waals surface area contributed by atoms with Crippen LogP contribution in [-0.4, -0.2) is 37.0 Å². The monoisotopic (exact) mass is 312 g/mol. The molecule has 1 amide bonds. The Morgan fingerprint density at radius 2 is 1.95 bits per heavy atom. The van der Waals surface area contributed by atoms with Crippen molar-refractivity contribution in [1.82, 2.24) is 9.88 Å². The molecule has 3 rings (SSSR count). The first-order valence-electron chi connectivity index (χ1n) is 6.84. The molecule has 0 saturated heterocycles. The summed E-state index contributed by atoms with van der Waals surface area (Å²) in [4.78, 5) is 18.4. The van der Waals surface area contributed by atoms with Crippen LogP contribution in [0.15, 0.2) is 41.9 Å². The fraction of sp³-hybridized carbons (Fsp3) is 0.176. The Morgan fingerprint density at radius 3 is 2.68 bits per heavy atom. The minimum Gasteiger partial charge on any atom is -0.496 e. The normalized spacial score (nSPS) is 10.7. The first-order valence-corrected chi connectivity index (χ1v) is 7.72. The Hall–Kier alpha value is -2.40. The molecular formula is C17H16N2O2S. The number of fused-ring (bicyclic) bond motifs is 1. The molecule has 0 spiro atoms. The van der Waals surface area contributed by atoms with Crippen molar-refractivity contribution in [3.8, 4) is 16.9 Å². The largest absolute Gasteiger partial charge is 0.496 e. The van der Waals surface area contributed by atoms with Gasteiger partial charge in [0.2, 0.25) is 0 Å². The van der Waals surface area contributed by atoms with Gasteiger partial charge in [-0.25, -0.2) is 4.98 Å². The van der Waals surface area contributed by atoms with Crippen LogP contribution in [-0.2, 0) is 0 Å². The van der Waals surface area contributed by atoms with Gasteiger partial charge in [0.1, 0.15) is 5.75 Å². The van der Waals surface area contributed by atoms with Crippen LogP contribution in [0.25, 0.3) is 21.3 Å². The summed E-state index contributed by atoms with van der Waals surface area (Å²) in [5.74, 6) is 0.748. The van der Waals surface area contributed by atoms with E-state index in [2.05, 4.69) is 4.98 Å². The number of aromatic nitrogens is 1. The van der Waals surface area contributed by atoms with Crippen molar-refractivity contribution in [2.75, 3.05) is 21.2 Å². The van der Waals surface area contributed by atoms with Gasteiger partial charge in [-0.15, -0.1) is 11.3 Å². The summed E-state index contributed by atoms with van der Waals surface area (Å²) >= 11 is 1.53. The number of hydrogen-bond acceptors (Lipinski definition) is 4. The molecule has 0 bridgehead atoms. The van der Waals surface area contributed by atoms with E-state index >= 15 is 0 Å². The quantitative estimate of drug-likeness (QED) is 0.741. The predicted octanol–water partition coefficient (Wildman–Crippen LogP) is 3.67. The number of para-hydroxylation sites is 1. The van der Waals surface area contributed by atoms with Crippen LogP contribution in [0.5, 0.6) is 5.75 Å². The highest BCUT2D eigenvalue weighted by Crippen LogP contribution is 2.36. The summed E-state index contributed by atoms with van der Waals surface area (Å²) in [6.07, 6.45) is 0. The standard InChI is InChI=1S/C17H16N2O2S/c1-19(2)17(20)11-8-13(16-15(9-11)22-10-18-16)12-6-4-5-7-14(12)21-3/h4-10H,1-3H3. The Balaban J connectivity index is 2.28. The second kappa shape index (κ2) is 5.77. The van der Waals surface area contributed by atoms with E-state index in [-0.39, 0.29) is 5.91 Å². The SMILES string of the molecule is COc1ccccc1-c1cc(C(=O)N(C)C)cc2scnc12. The third-order valence-electron chi connectivity index (χ3n) is 3.49. The van der Waals surface area contributed by atoms with Crippen LogP contribution in [0.4, 0.5) is 0 Å². The van der Waals surface area contributed by atoms with E-state index in [4.69, 9.17) is 4.74 Å². The van der Waals surface area contributed by atoms with Gasteiger partial charge >= 0.3 is 0 Å². The molecule has 0 saturated carbocycles. The first kappa shape index (κ1) is 14.5. The summed E-state index contributed by atoms with van der Waals surface area (Å²) in [6, 6.07) is 11.6. The van der Waals surface area contributed by atoms with Crippen molar-refractivity contribution in [3.05, 3.63) is 47.5 Å². The Labute approximate surface area is 133 Å². The van der Waals surface area contributed by atoms with Crippen molar-refractivity contribution in [3.63, 3.8) is 0 Å². The average molecular weight is 312 g/mol. The van der Waals surface area contributed by atoms with E-state index in [1.807, 2.05) is 36.4 Å². The van der Waals surface area contributed by atoms with Gasteiger partial charge < -0.3 is 9.64 Å². The number of rotatable bonds is 3. The van der Waals surface area contributed by atoms with E-state index in [9.17, 15) is 4.79 Å². The molecule has 3 aromatic rings. The highest BCUT2D eigenvalue weighted by Gasteiger charge is 2.16. The number of carbonyl (C=O) groups excluding carboxylic acids is 1. The summed E-state index contributed by atoms with van der Waals surface area (Å²) in [5.41, 5.74) is 5.20. The van der Waals surface area contributed by atoms with Gasteiger partial charge in [0.05, 0.1) is 22.8 Å². The lowest BCUT2D eigenvalue weighted by molar-refractivity contribution is 0.0828. The second-order valence-electron chi connectivity index (χ2n) is 5.12. The molecule has 0 N–H and O–H groups in total. The van der Waals surface area contributed by atoms with E-state index in [1.165, 1.54) is 11.3 Å². The molecule has 1 aromatic heterocycles. The van der Waals surface area contributed by atoms with Gasteiger partial charge in [-0.1, -0.05) is 18.2 Å². The lowest BCUT2D eigenvalue weighted by atomic mass is 10.0. The summed E-state index contributed by atoms with van der Waals surface area (Å²) in [6.45, 7) is 0. The van der Waals surface area contributed by atoms with E-state index in [0.717, 1.165) is 27.1 Å². The first-order chi connectivity index (χ1) is 10.6. The summed E-state index contributed by atoms with van der Waals surface area (Å²) in [5, 5.41) is 0. The molecule has 1 heterocycles. The molecule has 2 aromatic carbocycles. The zero-order valence-corrected chi connectivity index (χ0v) is 13.5. The van der Waals surface area contributed by atoms with E-state index < -0.39 is 0 Å². The fourth-order valence-corrected chi connectivity index (χ4v) is 3.16. The molecule has 0 fully saturated rings. The van der Waals surface area contributed by atoms with Gasteiger partial charge in [-0.05, 0) is 18.2 Å². The minimum absolute atomic E-state index is 0.0218. The molecule has 0 aliphatic carbocycles. The number of benzene rings is 2. The number of ether oxygens (including phenoxy) is 1. The molecule has 0 unspecified atom stereocenters. The molecule has 0 aliphatic heterocycles. The molecule has 0 atom stereocenters. The Bertz CT molecular complexity index is 840. The van der Waals surface area contributed by atoms with Crippen molar-refractivity contribution >= 4 is 27.5 Å². The lowest BCUT2D eigenvalue weighted by Crippen LogP contribution is -2.21. The third-order valence-corrected chi connectivity index (χ3v) is 4.26. The molecule has 5 heteroatoms. The summed E-state index contributed by atoms with van der Waals surface area (Å²) in [7, 11) is 5.15. The van der Waals surface area contributed by atoms with Gasteiger partial charge in [0.25, 0.3) is 5.91 Å². The van der Waals surface area contributed by atoms with Crippen molar-refractivity contribution in [2.45, 2.75) is 0 Å². The van der Waals surface area contributed by atoms with Crippen molar-refractivity contribution < 1.29 is 9.53 Å². The van der Waals surface area contributed by atoms with Crippen LogP contribution >= 0.6 is 11.3 Å². The van der Waals surface area contributed by atoms with Crippen LogP contribution in [0.1, 0.15) is 10.4 Å². The maximum absolute atomic E-state index is 12.3. The topological polar surface area (TPSA) is 42.4 Å². The van der Waals surface area contributed by atoms with Gasteiger partial charge in [-0.2, -0.15) is 0 Å². The zero-order valence-electron chi connectivity index (χ0n) is 12.7. The van der Waals surface area contributed by atoms with Crippen LogP contribution in [0, 0.1) is 0 Å². The molecule has 112 valence electrons.